The molecule has 7 heteroatoms. The normalized spacial score (nSPS) is 15.4. The van der Waals surface area contributed by atoms with E-state index in [0.29, 0.717) is 0 Å². The number of rotatable bonds is 5. The van der Waals surface area contributed by atoms with Gasteiger partial charge in [-0.25, -0.2) is 4.98 Å². The SMILES string of the molecule is CCN1c2ccc(/C=N/Nc3ncccc3[N+](=O)[O-])cc2C(C)=CC1(C)C. The highest BCUT2D eigenvalue weighted by Crippen LogP contribution is 2.38. The summed E-state index contributed by atoms with van der Waals surface area (Å²) in [5.74, 6) is 0.117. The lowest BCUT2D eigenvalue weighted by molar-refractivity contribution is -0.384. The van der Waals surface area contributed by atoms with E-state index in [4.69, 9.17) is 0 Å². The molecule has 0 fully saturated rings. The van der Waals surface area contributed by atoms with Crippen LogP contribution in [-0.2, 0) is 0 Å². The average molecular weight is 365 g/mol. The number of hydrazone groups is 1. The number of allylic oxidation sites excluding steroid dienone is 1. The molecule has 0 aliphatic carbocycles. The number of nitrogens with zero attached hydrogens (tertiary/aromatic N) is 4. The summed E-state index contributed by atoms with van der Waals surface area (Å²) in [6, 6.07) is 9.08. The highest BCUT2D eigenvalue weighted by Gasteiger charge is 2.29. The van der Waals surface area contributed by atoms with Crippen molar-refractivity contribution in [3.63, 3.8) is 0 Å². The first-order chi connectivity index (χ1) is 12.8. The molecule has 3 rings (SSSR count). The van der Waals surface area contributed by atoms with E-state index >= 15 is 0 Å². The van der Waals surface area contributed by atoms with Crippen molar-refractivity contribution in [3.05, 3.63) is 63.8 Å². The summed E-state index contributed by atoms with van der Waals surface area (Å²) < 4.78 is 0. The second-order valence-corrected chi connectivity index (χ2v) is 7.00. The summed E-state index contributed by atoms with van der Waals surface area (Å²) in [4.78, 5) is 16.9. The monoisotopic (exact) mass is 365 g/mol. The molecule has 27 heavy (non-hydrogen) atoms. The molecular weight excluding hydrogens is 342 g/mol. The van der Waals surface area contributed by atoms with Gasteiger partial charge in [0.1, 0.15) is 0 Å². The van der Waals surface area contributed by atoms with Crippen molar-refractivity contribution >= 4 is 29.0 Å². The topological polar surface area (TPSA) is 83.7 Å². The molecule has 0 spiro atoms. The highest BCUT2D eigenvalue weighted by atomic mass is 16.6. The van der Waals surface area contributed by atoms with Gasteiger partial charge in [-0.1, -0.05) is 12.1 Å². The fraction of sp³-hybridized carbons (Fsp3) is 0.300. The lowest BCUT2D eigenvalue weighted by Crippen LogP contribution is -2.44. The fourth-order valence-electron chi connectivity index (χ4n) is 3.56. The Bertz CT molecular complexity index is 934. The van der Waals surface area contributed by atoms with Crippen LogP contribution >= 0.6 is 0 Å². The van der Waals surface area contributed by atoms with E-state index in [1.165, 1.54) is 35.2 Å². The van der Waals surface area contributed by atoms with E-state index < -0.39 is 4.92 Å². The number of hydrogen-bond acceptors (Lipinski definition) is 6. The minimum Gasteiger partial charge on any atom is -0.363 e. The van der Waals surface area contributed by atoms with Crippen LogP contribution in [-0.4, -0.2) is 28.2 Å². The number of benzene rings is 1. The van der Waals surface area contributed by atoms with Crippen LogP contribution in [0.3, 0.4) is 0 Å². The molecule has 0 saturated heterocycles. The molecule has 2 aromatic rings. The zero-order valence-corrected chi connectivity index (χ0v) is 15.9. The Balaban J connectivity index is 1.85. The molecular formula is C20H23N5O2. The zero-order chi connectivity index (χ0) is 19.6. The van der Waals surface area contributed by atoms with Crippen molar-refractivity contribution in [1.29, 1.82) is 0 Å². The third kappa shape index (κ3) is 3.67. The van der Waals surface area contributed by atoms with Gasteiger partial charge in [0.15, 0.2) is 0 Å². The second kappa shape index (κ2) is 7.19. The summed E-state index contributed by atoms with van der Waals surface area (Å²) in [6.45, 7) is 9.61. The van der Waals surface area contributed by atoms with Crippen LogP contribution < -0.4 is 10.3 Å². The zero-order valence-electron chi connectivity index (χ0n) is 15.9. The molecule has 1 aromatic heterocycles. The van der Waals surface area contributed by atoms with Gasteiger partial charge in [-0.15, -0.1) is 0 Å². The van der Waals surface area contributed by atoms with Gasteiger partial charge in [-0.2, -0.15) is 5.10 Å². The third-order valence-electron chi connectivity index (χ3n) is 4.69. The number of anilines is 2. The Morgan fingerprint density at radius 1 is 1.37 bits per heavy atom. The largest absolute Gasteiger partial charge is 0.363 e. The first-order valence-corrected chi connectivity index (χ1v) is 8.83. The Hall–Kier alpha value is -3.22. The summed E-state index contributed by atoms with van der Waals surface area (Å²) in [6.07, 6.45) is 5.40. The van der Waals surface area contributed by atoms with Crippen LogP contribution in [0.2, 0.25) is 0 Å². The highest BCUT2D eigenvalue weighted by molar-refractivity contribution is 5.88. The summed E-state index contributed by atoms with van der Waals surface area (Å²) in [5, 5.41) is 15.1. The van der Waals surface area contributed by atoms with E-state index in [1.54, 1.807) is 6.21 Å². The van der Waals surface area contributed by atoms with Crippen molar-refractivity contribution in [1.82, 2.24) is 4.98 Å². The second-order valence-electron chi connectivity index (χ2n) is 7.00. The predicted octanol–water partition coefficient (Wildman–Crippen LogP) is 4.46. The Morgan fingerprint density at radius 3 is 2.85 bits per heavy atom. The number of likely N-dealkylation sites (N-methyl/N-ethyl adjacent to an activating group) is 1. The molecule has 0 atom stereocenters. The lowest BCUT2D eigenvalue weighted by atomic mass is 9.88. The van der Waals surface area contributed by atoms with Gasteiger partial charge < -0.3 is 4.90 Å². The number of nitrogens with one attached hydrogen (secondary N) is 1. The molecule has 0 amide bonds. The van der Waals surface area contributed by atoms with Gasteiger partial charge in [0.2, 0.25) is 5.82 Å². The summed E-state index contributed by atoms with van der Waals surface area (Å²) in [5.41, 5.74) is 7.02. The van der Waals surface area contributed by atoms with Crippen molar-refractivity contribution in [2.24, 2.45) is 5.10 Å². The smallest absolute Gasteiger partial charge is 0.313 e. The molecule has 0 unspecified atom stereocenters. The number of pyridine rings is 1. The molecule has 1 aliphatic heterocycles. The van der Waals surface area contributed by atoms with E-state index in [2.05, 4.69) is 66.3 Å². The third-order valence-corrected chi connectivity index (χ3v) is 4.69. The van der Waals surface area contributed by atoms with Crippen molar-refractivity contribution in [2.45, 2.75) is 33.2 Å². The van der Waals surface area contributed by atoms with Gasteiger partial charge in [-0.3, -0.25) is 15.5 Å². The van der Waals surface area contributed by atoms with Crippen molar-refractivity contribution in [2.75, 3.05) is 16.9 Å². The number of fused-ring (bicyclic) bond motifs is 1. The van der Waals surface area contributed by atoms with Gasteiger partial charge in [-0.05, 0) is 57.0 Å². The van der Waals surface area contributed by atoms with E-state index in [-0.39, 0.29) is 17.0 Å². The van der Waals surface area contributed by atoms with Crippen LogP contribution in [0.4, 0.5) is 17.2 Å². The van der Waals surface area contributed by atoms with Gasteiger partial charge in [0.25, 0.3) is 0 Å². The Labute approximate surface area is 158 Å². The van der Waals surface area contributed by atoms with Crippen LogP contribution in [0.25, 0.3) is 5.57 Å². The van der Waals surface area contributed by atoms with Crippen molar-refractivity contribution in [3.8, 4) is 0 Å². The minimum absolute atomic E-state index is 0.0269. The maximum Gasteiger partial charge on any atom is 0.313 e. The van der Waals surface area contributed by atoms with Crippen LogP contribution in [0.1, 0.15) is 38.8 Å². The fourth-order valence-corrected chi connectivity index (χ4v) is 3.56. The molecule has 0 bridgehead atoms. The maximum atomic E-state index is 11.0. The summed E-state index contributed by atoms with van der Waals surface area (Å²) >= 11 is 0. The van der Waals surface area contributed by atoms with Gasteiger partial charge >= 0.3 is 5.69 Å². The number of aromatic nitrogens is 1. The molecule has 2 heterocycles. The molecule has 1 aromatic carbocycles. The van der Waals surface area contributed by atoms with E-state index in [9.17, 15) is 10.1 Å². The molecule has 1 aliphatic rings. The van der Waals surface area contributed by atoms with Crippen LogP contribution in [0.5, 0.6) is 0 Å². The van der Waals surface area contributed by atoms with E-state index in [1.807, 2.05) is 6.07 Å². The van der Waals surface area contributed by atoms with Crippen LogP contribution in [0.15, 0.2) is 47.7 Å². The number of hydrogen-bond donors (Lipinski definition) is 1. The molecule has 0 radical (unpaired) electrons. The molecule has 140 valence electrons. The predicted molar refractivity (Wildman–Crippen MR) is 109 cm³/mol. The van der Waals surface area contributed by atoms with Gasteiger partial charge in [0.05, 0.1) is 16.7 Å². The Morgan fingerprint density at radius 2 is 2.15 bits per heavy atom. The van der Waals surface area contributed by atoms with Crippen LogP contribution in [0, 0.1) is 10.1 Å². The first-order valence-electron chi connectivity index (χ1n) is 8.83. The van der Waals surface area contributed by atoms with Gasteiger partial charge in [0, 0.05) is 30.1 Å². The summed E-state index contributed by atoms with van der Waals surface area (Å²) in [7, 11) is 0. The van der Waals surface area contributed by atoms with Crippen molar-refractivity contribution < 1.29 is 4.92 Å². The molecule has 7 nitrogen and oxygen atoms in total. The van der Waals surface area contributed by atoms with E-state index in [0.717, 1.165) is 12.1 Å². The maximum absolute atomic E-state index is 11.0. The molecule has 0 saturated carbocycles. The average Bonchev–Trinajstić information content (AvgIpc) is 2.62. The first kappa shape index (κ1) is 18.6. The quantitative estimate of drug-likeness (QED) is 0.480. The standard InChI is InChI=1S/C20H23N5O2/c1-5-24-17-9-8-15(11-16(17)14(2)12-20(24,3)4)13-22-23-19-18(25(26)27)7-6-10-21-19/h6-13H,5H2,1-4H3,(H,21,23)/b22-13+. The minimum atomic E-state index is -0.487. The lowest BCUT2D eigenvalue weighted by Gasteiger charge is -2.42. The molecule has 1 N–H and O–H groups in total. The number of nitro groups is 1. The Kier molecular flexibility index (Phi) is 4.94.